The van der Waals surface area contributed by atoms with Gasteiger partial charge in [0.15, 0.2) is 0 Å². The molecule has 0 aliphatic heterocycles. The molecule has 0 atom stereocenters. The molecule has 1 rings (SSSR count). The second-order valence-electron chi connectivity index (χ2n) is 3.03. The first-order valence-corrected chi connectivity index (χ1v) is 4.35. The minimum absolute atomic E-state index is 0.464. The maximum atomic E-state index is 13.4. The number of aromatic carboxylic acids is 1. The number of rotatable bonds is 2. The maximum Gasteiger partial charge on any atom is 0.342 e. The molecule has 0 bridgehead atoms. The summed E-state index contributed by atoms with van der Waals surface area (Å²) in [6, 6.07) is 1.10. The summed E-state index contributed by atoms with van der Waals surface area (Å²) in [4.78, 5) is 30.7. The highest BCUT2D eigenvalue weighted by atomic mass is 19.1. The van der Waals surface area contributed by atoms with Gasteiger partial charge in [-0.1, -0.05) is 5.92 Å². The molecule has 0 fully saturated rings. The van der Waals surface area contributed by atoms with Crippen molar-refractivity contribution in [2.75, 3.05) is 0 Å². The smallest absolute Gasteiger partial charge is 0.342 e. The van der Waals surface area contributed by atoms with Crippen molar-refractivity contribution in [1.82, 2.24) is 0 Å². The van der Waals surface area contributed by atoms with Crippen LogP contribution in [0.2, 0.25) is 0 Å². The van der Waals surface area contributed by atoms with E-state index in [2.05, 4.69) is 0 Å². The number of primary amides is 1. The third-order valence-electron chi connectivity index (χ3n) is 1.83. The number of amides is 1. The standard InChI is InChI=1S/C10H5FN2O5/c11-7-4-6(10(15)16)8(13(17)18)3-5(7)1-2-9(12)14/h3-4H,(H2,12,14)(H,15,16). The zero-order valence-corrected chi connectivity index (χ0v) is 8.64. The Bertz CT molecular complexity index is 615. The summed E-state index contributed by atoms with van der Waals surface area (Å²) >= 11 is 0. The van der Waals surface area contributed by atoms with Crippen LogP contribution < -0.4 is 5.73 Å². The highest BCUT2D eigenvalue weighted by Crippen LogP contribution is 2.22. The molecular weight excluding hydrogens is 247 g/mol. The van der Waals surface area contributed by atoms with Gasteiger partial charge in [-0.15, -0.1) is 0 Å². The molecule has 18 heavy (non-hydrogen) atoms. The highest BCUT2D eigenvalue weighted by Gasteiger charge is 2.22. The molecule has 1 amide bonds. The number of halogens is 1. The van der Waals surface area contributed by atoms with Crippen LogP contribution in [0.4, 0.5) is 10.1 Å². The second kappa shape index (κ2) is 4.92. The number of nitrogens with two attached hydrogens (primary N) is 1. The van der Waals surface area contributed by atoms with Crippen molar-refractivity contribution in [3.05, 3.63) is 39.2 Å². The Morgan fingerprint density at radius 1 is 1.44 bits per heavy atom. The van der Waals surface area contributed by atoms with E-state index in [1.54, 1.807) is 5.92 Å². The van der Waals surface area contributed by atoms with Crippen molar-refractivity contribution in [2.24, 2.45) is 5.73 Å². The lowest BCUT2D eigenvalue weighted by Gasteiger charge is -2.00. The summed E-state index contributed by atoms with van der Waals surface area (Å²) in [7, 11) is 0. The summed E-state index contributed by atoms with van der Waals surface area (Å²) in [5.41, 5.74) is 2.60. The van der Waals surface area contributed by atoms with Crippen molar-refractivity contribution >= 4 is 17.6 Å². The lowest BCUT2D eigenvalue weighted by atomic mass is 10.1. The number of carbonyl (C=O) groups is 2. The van der Waals surface area contributed by atoms with Gasteiger partial charge in [-0.05, 0) is 6.07 Å². The topological polar surface area (TPSA) is 124 Å². The minimum atomic E-state index is -1.64. The number of carboxylic acid groups (broad SMARTS) is 1. The molecule has 0 radical (unpaired) electrons. The van der Waals surface area contributed by atoms with Crippen LogP contribution in [-0.4, -0.2) is 21.9 Å². The Hall–Kier alpha value is -2.95. The third-order valence-corrected chi connectivity index (χ3v) is 1.83. The van der Waals surface area contributed by atoms with Crippen LogP contribution in [0.3, 0.4) is 0 Å². The molecule has 0 aromatic heterocycles. The van der Waals surface area contributed by atoms with Gasteiger partial charge in [-0.2, -0.15) is 0 Å². The number of carbonyl (C=O) groups excluding carboxylic acids is 1. The van der Waals surface area contributed by atoms with E-state index in [4.69, 9.17) is 10.8 Å². The van der Waals surface area contributed by atoms with Crippen molar-refractivity contribution in [3.63, 3.8) is 0 Å². The summed E-state index contributed by atoms with van der Waals surface area (Å²) < 4.78 is 13.4. The molecule has 7 nitrogen and oxygen atoms in total. The van der Waals surface area contributed by atoms with Gasteiger partial charge in [-0.25, -0.2) is 9.18 Å². The molecule has 0 saturated carbocycles. The minimum Gasteiger partial charge on any atom is -0.477 e. The molecule has 0 saturated heterocycles. The van der Waals surface area contributed by atoms with Crippen LogP contribution in [0.25, 0.3) is 0 Å². The predicted molar refractivity (Wildman–Crippen MR) is 56.1 cm³/mol. The van der Waals surface area contributed by atoms with Gasteiger partial charge in [0.1, 0.15) is 11.4 Å². The van der Waals surface area contributed by atoms with Gasteiger partial charge < -0.3 is 10.8 Å². The van der Waals surface area contributed by atoms with Gasteiger partial charge in [0.05, 0.1) is 10.5 Å². The largest absolute Gasteiger partial charge is 0.477 e. The zero-order valence-electron chi connectivity index (χ0n) is 8.64. The lowest BCUT2D eigenvalue weighted by Crippen LogP contribution is -2.07. The summed E-state index contributed by atoms with van der Waals surface area (Å²) in [5, 5.41) is 19.3. The normalized spacial score (nSPS) is 9.17. The summed E-state index contributed by atoms with van der Waals surface area (Å²) in [6.45, 7) is 0. The van der Waals surface area contributed by atoms with E-state index in [0.717, 1.165) is 0 Å². The van der Waals surface area contributed by atoms with Crippen LogP contribution in [0.5, 0.6) is 0 Å². The molecule has 1 aromatic rings. The van der Waals surface area contributed by atoms with Crippen LogP contribution in [0.1, 0.15) is 15.9 Å². The van der Waals surface area contributed by atoms with E-state index in [9.17, 15) is 24.1 Å². The van der Waals surface area contributed by atoms with Crippen molar-refractivity contribution in [3.8, 4) is 11.8 Å². The maximum absolute atomic E-state index is 13.4. The fourth-order valence-corrected chi connectivity index (χ4v) is 1.11. The number of hydrogen-bond acceptors (Lipinski definition) is 4. The van der Waals surface area contributed by atoms with Crippen molar-refractivity contribution in [2.45, 2.75) is 0 Å². The number of nitro benzene ring substituents is 1. The first kappa shape index (κ1) is 13.1. The molecule has 0 aliphatic rings. The lowest BCUT2D eigenvalue weighted by molar-refractivity contribution is -0.385. The van der Waals surface area contributed by atoms with E-state index in [1.165, 1.54) is 0 Å². The van der Waals surface area contributed by atoms with E-state index in [0.29, 0.717) is 12.1 Å². The monoisotopic (exact) mass is 252 g/mol. The predicted octanol–water partition coefficient (Wildman–Crippen LogP) is 0.269. The van der Waals surface area contributed by atoms with E-state index in [-0.39, 0.29) is 0 Å². The number of hydrogen-bond donors (Lipinski definition) is 2. The van der Waals surface area contributed by atoms with Gasteiger partial charge >= 0.3 is 5.97 Å². The van der Waals surface area contributed by atoms with Crippen molar-refractivity contribution in [1.29, 1.82) is 0 Å². The van der Waals surface area contributed by atoms with Crippen LogP contribution >= 0.6 is 0 Å². The average Bonchev–Trinajstić information content (AvgIpc) is 2.26. The van der Waals surface area contributed by atoms with Crippen LogP contribution in [0.15, 0.2) is 12.1 Å². The van der Waals surface area contributed by atoms with E-state index in [1.807, 2.05) is 5.92 Å². The molecule has 92 valence electrons. The van der Waals surface area contributed by atoms with Crippen molar-refractivity contribution < 1.29 is 24.0 Å². The molecule has 3 N–H and O–H groups in total. The molecule has 0 unspecified atom stereocenters. The van der Waals surface area contributed by atoms with Crippen LogP contribution in [-0.2, 0) is 4.79 Å². The van der Waals surface area contributed by atoms with Crippen LogP contribution in [0, 0.1) is 27.8 Å². The quantitative estimate of drug-likeness (QED) is 0.444. The Morgan fingerprint density at radius 3 is 2.50 bits per heavy atom. The van der Waals surface area contributed by atoms with E-state index < -0.39 is 39.4 Å². The summed E-state index contributed by atoms with van der Waals surface area (Å²) in [6.07, 6.45) is 0. The average molecular weight is 252 g/mol. The molecule has 8 heteroatoms. The Kier molecular flexibility index (Phi) is 3.59. The SMILES string of the molecule is NC(=O)C#Cc1cc([N+](=O)[O-])c(C(=O)O)cc1F. The molecule has 0 spiro atoms. The number of nitro groups is 1. The Labute approximate surface area is 99.2 Å². The van der Waals surface area contributed by atoms with E-state index >= 15 is 0 Å². The molecule has 0 heterocycles. The van der Waals surface area contributed by atoms with Gasteiger partial charge in [0, 0.05) is 12.0 Å². The highest BCUT2D eigenvalue weighted by molar-refractivity contribution is 5.94. The first-order chi connectivity index (χ1) is 8.32. The fraction of sp³-hybridized carbons (Fsp3) is 0. The first-order valence-electron chi connectivity index (χ1n) is 4.35. The molecular formula is C10H5FN2O5. The number of benzene rings is 1. The number of carboxylic acids is 1. The fourth-order valence-electron chi connectivity index (χ4n) is 1.11. The second-order valence-corrected chi connectivity index (χ2v) is 3.03. The Morgan fingerprint density at radius 2 is 2.06 bits per heavy atom. The third kappa shape index (κ3) is 2.79. The Balaban J connectivity index is 3.47. The van der Waals surface area contributed by atoms with Gasteiger partial charge in [0.2, 0.25) is 0 Å². The zero-order chi connectivity index (χ0) is 13.9. The molecule has 1 aromatic carbocycles. The van der Waals surface area contributed by atoms with Gasteiger partial charge in [-0.3, -0.25) is 14.9 Å². The summed E-state index contributed by atoms with van der Waals surface area (Å²) in [5.74, 6) is -0.00357. The van der Waals surface area contributed by atoms with Gasteiger partial charge in [0.25, 0.3) is 11.6 Å². The molecule has 0 aliphatic carbocycles. The number of nitrogens with zero attached hydrogens (tertiary/aromatic N) is 1.